The van der Waals surface area contributed by atoms with Gasteiger partial charge in [-0.25, -0.2) is 0 Å². The fraction of sp³-hybridized carbons (Fsp3) is 0.600. The Labute approximate surface area is 114 Å². The van der Waals surface area contributed by atoms with Gasteiger partial charge in [0.05, 0.1) is 7.11 Å². The first-order valence-electron chi connectivity index (χ1n) is 7.06. The summed E-state index contributed by atoms with van der Waals surface area (Å²) >= 11 is 0. The maximum absolute atomic E-state index is 5.79. The molecular weight excluding hydrogens is 242 g/mol. The van der Waals surface area contributed by atoms with Crippen molar-refractivity contribution in [3.63, 3.8) is 0 Å². The minimum Gasteiger partial charge on any atom is -0.497 e. The lowest BCUT2D eigenvalue weighted by molar-refractivity contribution is 0.168. The lowest BCUT2D eigenvalue weighted by Gasteiger charge is -2.26. The third kappa shape index (κ3) is 2.78. The predicted molar refractivity (Wildman–Crippen MR) is 73.3 cm³/mol. The van der Waals surface area contributed by atoms with Gasteiger partial charge >= 0.3 is 0 Å². The fourth-order valence-corrected chi connectivity index (χ4v) is 2.83. The highest BCUT2D eigenvalue weighted by molar-refractivity contribution is 5.52. The first-order valence-corrected chi connectivity index (χ1v) is 7.06. The van der Waals surface area contributed by atoms with Crippen LogP contribution in [0.2, 0.25) is 0 Å². The molecule has 2 aliphatic rings. The summed E-state index contributed by atoms with van der Waals surface area (Å²) in [6.45, 7) is 2.36. The Bertz CT molecular complexity index is 441. The van der Waals surface area contributed by atoms with Crippen molar-refractivity contribution in [3.05, 3.63) is 17.7 Å². The predicted octanol–water partition coefficient (Wildman–Crippen LogP) is 2.15. The van der Waals surface area contributed by atoms with Gasteiger partial charge in [0.2, 0.25) is 0 Å². The number of hydrogen-bond acceptors (Lipinski definition) is 4. The number of rotatable bonds is 3. The molecule has 104 valence electrons. The summed E-state index contributed by atoms with van der Waals surface area (Å²) in [7, 11) is 1.69. The fourth-order valence-electron chi connectivity index (χ4n) is 2.83. The van der Waals surface area contributed by atoms with Crippen molar-refractivity contribution in [2.45, 2.75) is 31.7 Å². The molecule has 0 amide bonds. The zero-order valence-electron chi connectivity index (χ0n) is 11.4. The molecule has 1 saturated heterocycles. The molecule has 1 aromatic rings. The maximum atomic E-state index is 5.79. The second-order valence-electron chi connectivity index (χ2n) is 5.16. The first kappa shape index (κ1) is 12.6. The molecule has 1 aromatic carbocycles. The number of hydrogen-bond donors (Lipinski definition) is 1. The van der Waals surface area contributed by atoms with E-state index in [1.54, 1.807) is 7.11 Å². The monoisotopic (exact) mass is 263 g/mol. The second kappa shape index (κ2) is 5.70. The van der Waals surface area contributed by atoms with Crippen LogP contribution in [0.5, 0.6) is 17.2 Å². The van der Waals surface area contributed by atoms with Crippen molar-refractivity contribution in [2.24, 2.45) is 0 Å². The molecule has 2 aliphatic heterocycles. The maximum Gasteiger partial charge on any atom is 0.165 e. The van der Waals surface area contributed by atoms with Crippen molar-refractivity contribution < 1.29 is 14.2 Å². The molecule has 1 N–H and O–H groups in total. The number of benzene rings is 1. The Morgan fingerprint density at radius 2 is 2.16 bits per heavy atom. The van der Waals surface area contributed by atoms with E-state index in [2.05, 4.69) is 11.4 Å². The van der Waals surface area contributed by atoms with Crippen LogP contribution in [0.3, 0.4) is 0 Å². The molecule has 1 atom stereocenters. The number of ether oxygens (including phenoxy) is 3. The van der Waals surface area contributed by atoms with Crippen LogP contribution in [-0.4, -0.2) is 32.9 Å². The summed E-state index contributed by atoms with van der Waals surface area (Å²) in [5.41, 5.74) is 1.19. The summed E-state index contributed by atoms with van der Waals surface area (Å²) in [6.07, 6.45) is 4.79. The molecule has 0 radical (unpaired) electrons. The molecule has 3 rings (SSSR count). The van der Waals surface area contributed by atoms with Crippen LogP contribution in [0.25, 0.3) is 0 Å². The topological polar surface area (TPSA) is 39.7 Å². The largest absolute Gasteiger partial charge is 0.497 e. The number of fused-ring (bicyclic) bond motifs is 1. The summed E-state index contributed by atoms with van der Waals surface area (Å²) in [6, 6.07) is 4.52. The molecule has 0 spiro atoms. The van der Waals surface area contributed by atoms with Gasteiger partial charge in [-0.2, -0.15) is 0 Å². The Kier molecular flexibility index (Phi) is 3.78. The van der Waals surface area contributed by atoms with Crippen LogP contribution < -0.4 is 19.5 Å². The van der Waals surface area contributed by atoms with Crippen LogP contribution in [0.15, 0.2) is 12.1 Å². The molecule has 1 unspecified atom stereocenters. The highest BCUT2D eigenvalue weighted by atomic mass is 16.6. The Balaban J connectivity index is 1.85. The average Bonchev–Trinajstić information content (AvgIpc) is 2.48. The van der Waals surface area contributed by atoms with Crippen LogP contribution in [0, 0.1) is 0 Å². The van der Waals surface area contributed by atoms with E-state index in [-0.39, 0.29) is 0 Å². The van der Waals surface area contributed by atoms with Crippen molar-refractivity contribution in [2.75, 3.05) is 26.9 Å². The van der Waals surface area contributed by atoms with Gasteiger partial charge in [-0.05, 0) is 31.9 Å². The van der Waals surface area contributed by atoms with Crippen molar-refractivity contribution in [1.29, 1.82) is 0 Å². The summed E-state index contributed by atoms with van der Waals surface area (Å²) in [5.74, 6) is 2.56. The molecule has 4 heteroatoms. The zero-order chi connectivity index (χ0) is 13.1. The van der Waals surface area contributed by atoms with Gasteiger partial charge in [-0.15, -0.1) is 0 Å². The third-order valence-electron chi connectivity index (χ3n) is 3.81. The first-order chi connectivity index (χ1) is 9.36. The number of methoxy groups -OCH3 is 1. The van der Waals surface area contributed by atoms with E-state index in [0.717, 1.165) is 30.2 Å². The van der Waals surface area contributed by atoms with Gasteiger partial charge in [0.15, 0.2) is 11.5 Å². The molecule has 1 fully saturated rings. The number of piperidine rings is 1. The normalized spacial score (nSPS) is 22.1. The van der Waals surface area contributed by atoms with E-state index in [1.165, 1.54) is 24.8 Å². The highest BCUT2D eigenvalue weighted by Gasteiger charge is 2.21. The molecule has 0 aliphatic carbocycles. The standard InChI is InChI=1S/C15H21NO3/c1-17-13-9-11(8-12-4-2-3-5-16-12)15-14(10-13)18-6-7-19-15/h9-10,12,16H,2-8H2,1H3. The Morgan fingerprint density at radius 1 is 1.26 bits per heavy atom. The van der Waals surface area contributed by atoms with Crippen LogP contribution in [0.1, 0.15) is 24.8 Å². The van der Waals surface area contributed by atoms with Crippen LogP contribution in [-0.2, 0) is 6.42 Å². The molecule has 0 saturated carbocycles. The molecular formula is C15H21NO3. The summed E-state index contributed by atoms with van der Waals surface area (Å²) in [5, 5.41) is 3.57. The van der Waals surface area contributed by atoms with Gasteiger partial charge in [0.1, 0.15) is 19.0 Å². The van der Waals surface area contributed by atoms with E-state index in [9.17, 15) is 0 Å². The molecule has 19 heavy (non-hydrogen) atoms. The minimum atomic E-state index is 0.537. The van der Waals surface area contributed by atoms with E-state index in [1.807, 2.05) is 6.07 Å². The van der Waals surface area contributed by atoms with Crippen LogP contribution in [0.4, 0.5) is 0 Å². The molecule has 2 heterocycles. The lowest BCUT2D eigenvalue weighted by atomic mass is 9.96. The van der Waals surface area contributed by atoms with E-state index in [0.29, 0.717) is 19.3 Å². The zero-order valence-corrected chi connectivity index (χ0v) is 11.4. The summed E-state index contributed by atoms with van der Waals surface area (Å²) < 4.78 is 16.8. The third-order valence-corrected chi connectivity index (χ3v) is 3.81. The molecule has 4 nitrogen and oxygen atoms in total. The van der Waals surface area contributed by atoms with E-state index < -0.39 is 0 Å². The average molecular weight is 263 g/mol. The van der Waals surface area contributed by atoms with Gasteiger partial charge in [0.25, 0.3) is 0 Å². The van der Waals surface area contributed by atoms with Crippen molar-refractivity contribution in [1.82, 2.24) is 5.32 Å². The Morgan fingerprint density at radius 3 is 2.95 bits per heavy atom. The number of nitrogens with one attached hydrogen (secondary N) is 1. The Hall–Kier alpha value is -1.42. The van der Waals surface area contributed by atoms with E-state index in [4.69, 9.17) is 14.2 Å². The quantitative estimate of drug-likeness (QED) is 0.907. The van der Waals surface area contributed by atoms with Gasteiger partial charge in [-0.1, -0.05) is 6.42 Å². The van der Waals surface area contributed by atoms with Gasteiger partial charge in [-0.3, -0.25) is 0 Å². The van der Waals surface area contributed by atoms with E-state index >= 15 is 0 Å². The smallest absolute Gasteiger partial charge is 0.165 e. The minimum absolute atomic E-state index is 0.537. The second-order valence-corrected chi connectivity index (χ2v) is 5.16. The SMILES string of the molecule is COc1cc(CC2CCCCN2)c2c(c1)OCCO2. The van der Waals surface area contributed by atoms with Crippen molar-refractivity contribution >= 4 is 0 Å². The van der Waals surface area contributed by atoms with Gasteiger partial charge < -0.3 is 19.5 Å². The summed E-state index contributed by atoms with van der Waals surface area (Å²) in [4.78, 5) is 0. The lowest BCUT2D eigenvalue weighted by Crippen LogP contribution is -2.35. The molecule has 0 bridgehead atoms. The van der Waals surface area contributed by atoms with Gasteiger partial charge in [0, 0.05) is 17.7 Å². The van der Waals surface area contributed by atoms with Crippen LogP contribution >= 0.6 is 0 Å². The highest BCUT2D eigenvalue weighted by Crippen LogP contribution is 2.38. The molecule has 0 aromatic heterocycles. The van der Waals surface area contributed by atoms with Crippen molar-refractivity contribution in [3.8, 4) is 17.2 Å².